The predicted molar refractivity (Wildman–Crippen MR) is 46.3 cm³/mol. The Morgan fingerprint density at radius 2 is 1.64 bits per heavy atom. The van der Waals surface area contributed by atoms with Crippen LogP contribution in [-0.4, -0.2) is 24.2 Å². The van der Waals surface area contributed by atoms with Gasteiger partial charge in [-0.1, -0.05) is 0 Å². The summed E-state index contributed by atoms with van der Waals surface area (Å²) in [6, 6.07) is 6.01. The number of carboxylic acids is 1. The number of hydrogen-bond acceptors (Lipinski definition) is 4. The van der Waals surface area contributed by atoms with E-state index in [1.54, 1.807) is 12.1 Å². The molecule has 0 aliphatic carbocycles. The highest BCUT2D eigenvalue weighted by molar-refractivity contribution is 6.29. The molecule has 5 nitrogen and oxygen atoms in total. The second-order valence-corrected chi connectivity index (χ2v) is 2.37. The fourth-order valence-corrected chi connectivity index (χ4v) is 0.794. The van der Waals surface area contributed by atoms with Crippen molar-refractivity contribution >= 4 is 11.9 Å². The highest BCUT2D eigenvalue weighted by Crippen LogP contribution is 2.16. The Bertz CT molecular complexity index is 341. The number of ether oxygens (including phenoxy) is 2. The molecule has 0 radical (unpaired) electrons. The first-order valence-electron chi connectivity index (χ1n) is 3.72. The normalized spacial score (nSPS) is 9.21. The number of benzene rings is 1. The van der Waals surface area contributed by atoms with Crippen molar-refractivity contribution in [2.24, 2.45) is 0 Å². The van der Waals surface area contributed by atoms with E-state index in [0.29, 0.717) is 5.75 Å². The average molecular weight is 196 g/mol. The molecule has 1 rings (SSSR count). The Kier molecular flexibility index (Phi) is 3.06. The molecule has 14 heavy (non-hydrogen) atoms. The molecule has 1 N–H and O–H groups in total. The molecule has 0 saturated heterocycles. The minimum atomic E-state index is -1.62. The van der Waals surface area contributed by atoms with Crippen LogP contribution in [0, 0.1) is 0 Å². The van der Waals surface area contributed by atoms with Gasteiger partial charge in [0.15, 0.2) is 0 Å². The molecule has 0 aliphatic rings. The van der Waals surface area contributed by atoms with E-state index in [-0.39, 0.29) is 5.75 Å². The first-order valence-corrected chi connectivity index (χ1v) is 3.72. The Balaban J connectivity index is 2.69. The number of esters is 1. The van der Waals surface area contributed by atoms with Crippen molar-refractivity contribution in [2.75, 3.05) is 7.11 Å². The van der Waals surface area contributed by atoms with Crippen molar-refractivity contribution in [3.63, 3.8) is 0 Å². The van der Waals surface area contributed by atoms with Crippen LogP contribution in [0.1, 0.15) is 0 Å². The van der Waals surface area contributed by atoms with Gasteiger partial charge in [-0.3, -0.25) is 0 Å². The van der Waals surface area contributed by atoms with E-state index >= 15 is 0 Å². The molecule has 0 amide bonds. The van der Waals surface area contributed by atoms with Gasteiger partial charge in [-0.25, -0.2) is 9.59 Å². The van der Waals surface area contributed by atoms with Gasteiger partial charge in [0.25, 0.3) is 0 Å². The lowest BCUT2D eigenvalue weighted by molar-refractivity contribution is -0.158. The number of rotatable bonds is 2. The van der Waals surface area contributed by atoms with Crippen molar-refractivity contribution in [3.8, 4) is 11.5 Å². The highest BCUT2D eigenvalue weighted by atomic mass is 16.6. The van der Waals surface area contributed by atoms with Gasteiger partial charge in [0.2, 0.25) is 0 Å². The van der Waals surface area contributed by atoms with Crippen molar-refractivity contribution < 1.29 is 24.2 Å². The standard InChI is InChI=1S/C9H8O5/c1-13-6-2-4-7(5-3-6)14-9(12)8(10)11/h2-5H,1H3,(H,10,11). The Hall–Kier alpha value is -2.04. The van der Waals surface area contributed by atoms with Gasteiger partial charge in [0.1, 0.15) is 11.5 Å². The van der Waals surface area contributed by atoms with Crippen LogP contribution >= 0.6 is 0 Å². The van der Waals surface area contributed by atoms with Crippen molar-refractivity contribution in [3.05, 3.63) is 24.3 Å². The fourth-order valence-electron chi connectivity index (χ4n) is 0.794. The summed E-state index contributed by atoms with van der Waals surface area (Å²) in [6.07, 6.45) is 0. The third-order valence-electron chi connectivity index (χ3n) is 1.44. The van der Waals surface area contributed by atoms with Gasteiger partial charge in [-0.15, -0.1) is 0 Å². The summed E-state index contributed by atoms with van der Waals surface area (Å²) in [5, 5.41) is 8.24. The number of carbonyl (C=O) groups is 2. The molecule has 1 aromatic carbocycles. The maximum absolute atomic E-state index is 10.6. The molecule has 74 valence electrons. The molecule has 1 aromatic rings. The summed E-state index contributed by atoms with van der Waals surface area (Å²) >= 11 is 0. The minimum absolute atomic E-state index is 0.165. The van der Waals surface area contributed by atoms with E-state index in [9.17, 15) is 9.59 Å². The smallest absolute Gasteiger partial charge is 0.422 e. The molecule has 0 atom stereocenters. The maximum Gasteiger partial charge on any atom is 0.422 e. The Morgan fingerprint density at radius 3 is 2.07 bits per heavy atom. The van der Waals surface area contributed by atoms with Crippen molar-refractivity contribution in [1.82, 2.24) is 0 Å². The largest absolute Gasteiger partial charge is 0.497 e. The van der Waals surface area contributed by atoms with Gasteiger partial charge in [-0.2, -0.15) is 0 Å². The molecular formula is C9H8O5. The number of methoxy groups -OCH3 is 1. The SMILES string of the molecule is COc1ccc(OC(=O)C(=O)O)cc1. The van der Waals surface area contributed by atoms with E-state index in [2.05, 4.69) is 4.74 Å². The van der Waals surface area contributed by atoms with Crippen LogP contribution in [0.4, 0.5) is 0 Å². The number of carboxylic acid groups (broad SMARTS) is 1. The summed E-state index contributed by atoms with van der Waals surface area (Å²) in [7, 11) is 1.50. The third kappa shape index (κ3) is 2.48. The molecule has 0 heterocycles. The molecule has 0 saturated carbocycles. The monoisotopic (exact) mass is 196 g/mol. The number of carbonyl (C=O) groups excluding carboxylic acids is 1. The zero-order valence-corrected chi connectivity index (χ0v) is 7.39. The van der Waals surface area contributed by atoms with Crippen LogP contribution in [0.25, 0.3) is 0 Å². The molecule has 0 spiro atoms. The average Bonchev–Trinajstić information content (AvgIpc) is 2.19. The summed E-state index contributed by atoms with van der Waals surface area (Å²) in [6.45, 7) is 0. The second kappa shape index (κ2) is 4.27. The summed E-state index contributed by atoms with van der Waals surface area (Å²) in [4.78, 5) is 20.7. The van der Waals surface area contributed by atoms with Gasteiger partial charge in [0, 0.05) is 0 Å². The van der Waals surface area contributed by atoms with Gasteiger partial charge in [0.05, 0.1) is 7.11 Å². The zero-order valence-electron chi connectivity index (χ0n) is 7.39. The van der Waals surface area contributed by atoms with Crippen LogP contribution in [0.3, 0.4) is 0 Å². The van der Waals surface area contributed by atoms with Gasteiger partial charge >= 0.3 is 11.9 Å². The van der Waals surface area contributed by atoms with E-state index in [1.807, 2.05) is 0 Å². The molecule has 0 unspecified atom stereocenters. The van der Waals surface area contributed by atoms with Crippen LogP contribution < -0.4 is 9.47 Å². The molecular weight excluding hydrogens is 188 g/mol. The van der Waals surface area contributed by atoms with Gasteiger partial charge < -0.3 is 14.6 Å². The first-order chi connectivity index (χ1) is 6.63. The molecule has 0 fully saturated rings. The van der Waals surface area contributed by atoms with Crippen LogP contribution in [0.5, 0.6) is 11.5 Å². The molecule has 5 heteroatoms. The lowest BCUT2D eigenvalue weighted by Gasteiger charge is -2.02. The predicted octanol–water partition coefficient (Wildman–Crippen LogP) is 0.685. The van der Waals surface area contributed by atoms with E-state index in [4.69, 9.17) is 9.84 Å². The first kappa shape index (κ1) is 10.0. The van der Waals surface area contributed by atoms with Crippen molar-refractivity contribution in [2.45, 2.75) is 0 Å². The highest BCUT2D eigenvalue weighted by Gasteiger charge is 2.13. The van der Waals surface area contributed by atoms with Crippen LogP contribution in [-0.2, 0) is 9.59 Å². The van der Waals surface area contributed by atoms with E-state index in [1.165, 1.54) is 19.2 Å². The van der Waals surface area contributed by atoms with Gasteiger partial charge in [-0.05, 0) is 24.3 Å². The quantitative estimate of drug-likeness (QED) is 0.428. The number of aliphatic carboxylic acids is 1. The lowest BCUT2D eigenvalue weighted by Crippen LogP contribution is -2.19. The molecule has 0 aliphatic heterocycles. The zero-order chi connectivity index (χ0) is 10.6. The fraction of sp³-hybridized carbons (Fsp3) is 0.111. The summed E-state index contributed by atoms with van der Waals surface area (Å²) in [5.41, 5.74) is 0. The topological polar surface area (TPSA) is 72.8 Å². The minimum Gasteiger partial charge on any atom is -0.497 e. The second-order valence-electron chi connectivity index (χ2n) is 2.37. The molecule has 0 aromatic heterocycles. The van der Waals surface area contributed by atoms with Crippen molar-refractivity contribution in [1.29, 1.82) is 0 Å². The third-order valence-corrected chi connectivity index (χ3v) is 1.44. The lowest BCUT2D eigenvalue weighted by atomic mass is 10.3. The summed E-state index contributed by atoms with van der Waals surface area (Å²) in [5.74, 6) is -2.17. The van der Waals surface area contributed by atoms with E-state index in [0.717, 1.165) is 0 Å². The number of hydrogen-bond donors (Lipinski definition) is 1. The Labute approximate surface area is 79.9 Å². The maximum atomic E-state index is 10.6. The molecule has 0 bridgehead atoms. The Morgan fingerprint density at radius 1 is 1.14 bits per heavy atom. The van der Waals surface area contributed by atoms with Crippen LogP contribution in [0.15, 0.2) is 24.3 Å². The summed E-state index contributed by atoms with van der Waals surface area (Å²) < 4.78 is 9.35. The van der Waals surface area contributed by atoms with E-state index < -0.39 is 11.9 Å². The van der Waals surface area contributed by atoms with Crippen LogP contribution in [0.2, 0.25) is 0 Å².